The van der Waals surface area contributed by atoms with E-state index in [0.29, 0.717) is 0 Å². The van der Waals surface area contributed by atoms with E-state index >= 15 is 0 Å². The molecule has 9 heteroatoms. The van der Waals surface area contributed by atoms with E-state index in [0.717, 1.165) is 13.3 Å². The van der Waals surface area contributed by atoms with Crippen molar-refractivity contribution in [2.24, 2.45) is 5.73 Å². The van der Waals surface area contributed by atoms with Crippen molar-refractivity contribution in [2.75, 3.05) is 7.11 Å². The van der Waals surface area contributed by atoms with Crippen LogP contribution in [0.2, 0.25) is 0 Å². The first-order valence-corrected chi connectivity index (χ1v) is 5.59. The summed E-state index contributed by atoms with van der Waals surface area (Å²) in [6, 6.07) is 0. The van der Waals surface area contributed by atoms with Crippen LogP contribution in [0.15, 0.2) is 6.20 Å². The first-order chi connectivity index (χ1) is 8.30. The maximum atomic E-state index is 12.2. The Kier molecular flexibility index (Phi) is 4.73. The Morgan fingerprint density at radius 3 is 2.61 bits per heavy atom. The molecule has 0 unspecified atom stereocenters. The van der Waals surface area contributed by atoms with E-state index in [4.69, 9.17) is 5.73 Å². The fourth-order valence-electron chi connectivity index (χ4n) is 1.12. The minimum absolute atomic E-state index is 0.0489. The summed E-state index contributed by atoms with van der Waals surface area (Å²) in [7, 11) is 1.11. The summed E-state index contributed by atoms with van der Waals surface area (Å²) in [4.78, 5) is 15.0. The molecule has 18 heavy (non-hydrogen) atoms. The van der Waals surface area contributed by atoms with E-state index < -0.39 is 18.1 Å². The number of carbonyl (C=O) groups excluding carboxylic acids is 1. The third-order valence-electron chi connectivity index (χ3n) is 1.86. The fourth-order valence-corrected chi connectivity index (χ4v) is 1.90. The number of aromatic nitrogens is 1. The summed E-state index contributed by atoms with van der Waals surface area (Å²) in [6.07, 6.45) is -3.79. The molecular weight excluding hydrogens is 368 g/mol. The molecule has 0 aromatic carbocycles. The molecule has 0 aliphatic carbocycles. The zero-order chi connectivity index (χ0) is 13.9. The van der Waals surface area contributed by atoms with Crippen LogP contribution in [0.1, 0.15) is 16.1 Å². The van der Waals surface area contributed by atoms with Gasteiger partial charge in [0.1, 0.15) is 0 Å². The van der Waals surface area contributed by atoms with Crippen molar-refractivity contribution >= 4 is 28.6 Å². The van der Waals surface area contributed by atoms with Gasteiger partial charge < -0.3 is 15.2 Å². The molecule has 0 atom stereocenters. The number of ether oxygens (including phenoxy) is 2. The van der Waals surface area contributed by atoms with Gasteiger partial charge in [0.05, 0.1) is 21.9 Å². The highest BCUT2D eigenvalue weighted by Gasteiger charge is 2.34. The lowest BCUT2D eigenvalue weighted by molar-refractivity contribution is -0.275. The van der Waals surface area contributed by atoms with Crippen molar-refractivity contribution in [2.45, 2.75) is 12.9 Å². The number of carbonyl (C=O) groups is 1. The van der Waals surface area contributed by atoms with E-state index in [1.165, 1.54) is 0 Å². The van der Waals surface area contributed by atoms with E-state index in [9.17, 15) is 18.0 Å². The lowest BCUT2D eigenvalue weighted by Crippen LogP contribution is -2.21. The molecule has 0 saturated carbocycles. The SMILES string of the molecule is COC(=O)c1cnc(CN)c(OC(F)(F)F)c1I. The predicted octanol–water partition coefficient (Wildman–Crippen LogP) is 1.83. The average molecular weight is 376 g/mol. The predicted molar refractivity (Wildman–Crippen MR) is 62.9 cm³/mol. The van der Waals surface area contributed by atoms with Gasteiger partial charge in [-0.15, -0.1) is 13.2 Å². The van der Waals surface area contributed by atoms with Crippen molar-refractivity contribution in [3.05, 3.63) is 21.0 Å². The van der Waals surface area contributed by atoms with E-state index in [1.807, 2.05) is 0 Å². The zero-order valence-corrected chi connectivity index (χ0v) is 11.2. The van der Waals surface area contributed by atoms with Crippen molar-refractivity contribution in [1.29, 1.82) is 0 Å². The molecule has 1 aromatic heterocycles. The molecule has 0 radical (unpaired) electrons. The number of rotatable bonds is 3. The van der Waals surface area contributed by atoms with Crippen LogP contribution in [0.4, 0.5) is 13.2 Å². The molecule has 1 heterocycles. The van der Waals surface area contributed by atoms with Gasteiger partial charge >= 0.3 is 12.3 Å². The highest BCUT2D eigenvalue weighted by molar-refractivity contribution is 14.1. The van der Waals surface area contributed by atoms with Crippen molar-refractivity contribution in [3.8, 4) is 5.75 Å². The molecule has 0 spiro atoms. The Morgan fingerprint density at radius 1 is 1.56 bits per heavy atom. The monoisotopic (exact) mass is 376 g/mol. The topological polar surface area (TPSA) is 74.4 Å². The lowest BCUT2D eigenvalue weighted by atomic mass is 10.2. The van der Waals surface area contributed by atoms with E-state index in [2.05, 4.69) is 14.5 Å². The van der Waals surface area contributed by atoms with Gasteiger partial charge in [-0.3, -0.25) is 4.98 Å². The van der Waals surface area contributed by atoms with E-state index in [-0.39, 0.29) is 21.4 Å². The van der Waals surface area contributed by atoms with Crippen molar-refractivity contribution < 1.29 is 27.4 Å². The maximum Gasteiger partial charge on any atom is 0.573 e. The number of hydrogen-bond acceptors (Lipinski definition) is 5. The quantitative estimate of drug-likeness (QED) is 0.644. The standard InChI is InChI=1S/C9H8F3IN2O3/c1-17-8(16)4-3-15-5(2-14)7(6(4)13)18-9(10,11)12/h3H,2,14H2,1H3. The molecule has 100 valence electrons. The second-order valence-electron chi connectivity index (χ2n) is 3.01. The molecule has 0 saturated heterocycles. The second kappa shape index (κ2) is 5.69. The highest BCUT2D eigenvalue weighted by atomic mass is 127. The Balaban J connectivity index is 3.31. The van der Waals surface area contributed by atoms with Crippen LogP contribution in [-0.4, -0.2) is 24.4 Å². The van der Waals surface area contributed by atoms with Crippen LogP contribution in [0, 0.1) is 3.57 Å². The zero-order valence-electron chi connectivity index (χ0n) is 9.05. The summed E-state index contributed by atoms with van der Waals surface area (Å²) in [6.45, 7) is -0.247. The smallest absolute Gasteiger partial charge is 0.465 e. The summed E-state index contributed by atoms with van der Waals surface area (Å²) in [5.74, 6) is -1.38. The molecular formula is C9H8F3IN2O3. The highest BCUT2D eigenvalue weighted by Crippen LogP contribution is 2.32. The summed E-state index contributed by atoms with van der Waals surface area (Å²) >= 11 is 1.55. The summed E-state index contributed by atoms with van der Waals surface area (Å²) in [5, 5.41) is 0. The van der Waals surface area contributed by atoms with Gasteiger partial charge in [0.15, 0.2) is 5.75 Å². The fraction of sp³-hybridized carbons (Fsp3) is 0.333. The maximum absolute atomic E-state index is 12.2. The third kappa shape index (κ3) is 3.45. The van der Waals surface area contributed by atoms with Gasteiger partial charge in [0, 0.05) is 12.7 Å². The molecule has 0 bridgehead atoms. The van der Waals surface area contributed by atoms with Crippen molar-refractivity contribution in [3.63, 3.8) is 0 Å². The van der Waals surface area contributed by atoms with Crippen molar-refractivity contribution in [1.82, 2.24) is 4.98 Å². The molecule has 5 nitrogen and oxygen atoms in total. The number of alkyl halides is 3. The number of nitrogens with zero attached hydrogens (tertiary/aromatic N) is 1. The Morgan fingerprint density at radius 2 is 2.17 bits per heavy atom. The lowest BCUT2D eigenvalue weighted by Gasteiger charge is -2.15. The van der Waals surface area contributed by atoms with Crippen LogP contribution < -0.4 is 10.5 Å². The largest absolute Gasteiger partial charge is 0.573 e. The number of esters is 1. The Hall–Kier alpha value is -1.10. The van der Waals surface area contributed by atoms with Crippen LogP contribution >= 0.6 is 22.6 Å². The first kappa shape index (κ1) is 15.0. The molecule has 0 aliphatic heterocycles. The van der Waals surface area contributed by atoms with Gasteiger partial charge in [0.25, 0.3) is 0 Å². The summed E-state index contributed by atoms with van der Waals surface area (Å²) in [5.41, 5.74) is 5.06. The number of halogens is 4. The van der Waals surface area contributed by atoms with Crippen LogP contribution in [0.25, 0.3) is 0 Å². The van der Waals surface area contributed by atoms with Crippen LogP contribution in [0.3, 0.4) is 0 Å². The average Bonchev–Trinajstić information content (AvgIpc) is 2.29. The number of nitrogens with two attached hydrogens (primary N) is 1. The van der Waals surface area contributed by atoms with Gasteiger partial charge in [0.2, 0.25) is 0 Å². The Labute approximate surface area is 114 Å². The summed E-state index contributed by atoms with van der Waals surface area (Å²) < 4.78 is 44.9. The van der Waals surface area contributed by atoms with Gasteiger partial charge in [-0.25, -0.2) is 4.79 Å². The minimum atomic E-state index is -4.89. The molecule has 1 rings (SSSR count). The molecule has 1 aromatic rings. The number of hydrogen-bond donors (Lipinski definition) is 1. The normalized spacial score (nSPS) is 11.2. The van der Waals surface area contributed by atoms with Gasteiger partial charge in [-0.1, -0.05) is 0 Å². The molecule has 2 N–H and O–H groups in total. The van der Waals surface area contributed by atoms with Gasteiger partial charge in [-0.2, -0.15) is 0 Å². The molecule has 0 aliphatic rings. The minimum Gasteiger partial charge on any atom is -0.465 e. The number of methoxy groups -OCH3 is 1. The first-order valence-electron chi connectivity index (χ1n) is 4.51. The Bertz CT molecular complexity index is 465. The second-order valence-corrected chi connectivity index (χ2v) is 4.08. The van der Waals surface area contributed by atoms with Crippen LogP contribution in [-0.2, 0) is 11.3 Å². The number of pyridine rings is 1. The molecule has 0 fully saturated rings. The van der Waals surface area contributed by atoms with Gasteiger partial charge in [-0.05, 0) is 22.6 Å². The molecule has 0 amide bonds. The third-order valence-corrected chi connectivity index (χ3v) is 2.93. The van der Waals surface area contributed by atoms with Crippen LogP contribution in [0.5, 0.6) is 5.75 Å². The van der Waals surface area contributed by atoms with E-state index in [1.54, 1.807) is 22.6 Å².